The van der Waals surface area contributed by atoms with E-state index in [1.165, 1.54) is 11.1 Å². The van der Waals surface area contributed by atoms with Crippen LogP contribution in [0.4, 0.5) is 0 Å². The van der Waals surface area contributed by atoms with Crippen LogP contribution in [0, 0.1) is 23.7 Å². The van der Waals surface area contributed by atoms with E-state index in [0.717, 1.165) is 23.7 Å². The first kappa shape index (κ1) is 3.49. The standard InChI is InChI=1S/C8H8/c1-3-4(2)6-7-5(3)8(6)7/h5-8H,1-2H2. The summed E-state index contributed by atoms with van der Waals surface area (Å²) in [4.78, 5) is 0. The first-order valence-corrected chi connectivity index (χ1v) is 3.20. The van der Waals surface area contributed by atoms with E-state index in [9.17, 15) is 0 Å². The third kappa shape index (κ3) is 0.146. The first-order chi connectivity index (χ1) is 3.82. The number of rotatable bonds is 0. The molecule has 0 spiro atoms. The molecule has 0 aliphatic heterocycles. The second kappa shape index (κ2) is 0.637. The van der Waals surface area contributed by atoms with Crippen molar-refractivity contribution in [2.75, 3.05) is 0 Å². The van der Waals surface area contributed by atoms with E-state index in [4.69, 9.17) is 0 Å². The van der Waals surface area contributed by atoms with E-state index in [0.29, 0.717) is 0 Å². The minimum Gasteiger partial charge on any atom is -0.0953 e. The molecule has 4 aliphatic rings. The molecule has 0 radical (unpaired) electrons. The van der Waals surface area contributed by atoms with Crippen LogP contribution >= 0.6 is 0 Å². The molecule has 0 nitrogen and oxygen atoms in total. The molecule has 4 rings (SSSR count). The minimum atomic E-state index is 0.924. The molecule has 2 bridgehead atoms. The van der Waals surface area contributed by atoms with E-state index in [2.05, 4.69) is 13.2 Å². The Morgan fingerprint density at radius 2 is 1.25 bits per heavy atom. The quantitative estimate of drug-likeness (QED) is 0.438. The fourth-order valence-corrected chi connectivity index (χ4v) is 2.38. The van der Waals surface area contributed by atoms with Gasteiger partial charge in [0.15, 0.2) is 0 Å². The molecule has 4 aliphatic carbocycles. The maximum absolute atomic E-state index is 3.98. The average Bonchev–Trinajstić information content (AvgIpc) is 2.45. The Morgan fingerprint density at radius 1 is 0.875 bits per heavy atom. The Hall–Kier alpha value is -0.520. The zero-order valence-corrected chi connectivity index (χ0v) is 4.72. The molecule has 0 aromatic rings. The van der Waals surface area contributed by atoms with Gasteiger partial charge >= 0.3 is 0 Å². The Balaban J connectivity index is 2.24. The highest BCUT2D eigenvalue weighted by Gasteiger charge is 2.80. The van der Waals surface area contributed by atoms with Crippen LogP contribution in [0.25, 0.3) is 0 Å². The van der Waals surface area contributed by atoms with Gasteiger partial charge in [0.1, 0.15) is 0 Å². The predicted molar refractivity (Wildman–Crippen MR) is 32.2 cm³/mol. The van der Waals surface area contributed by atoms with Gasteiger partial charge in [-0.2, -0.15) is 0 Å². The van der Waals surface area contributed by atoms with Crippen molar-refractivity contribution in [1.82, 2.24) is 0 Å². The number of hydrogen-bond donors (Lipinski definition) is 0. The van der Waals surface area contributed by atoms with Gasteiger partial charge in [0.25, 0.3) is 0 Å². The largest absolute Gasteiger partial charge is 0.0953 e. The van der Waals surface area contributed by atoms with Crippen LogP contribution < -0.4 is 0 Å². The number of allylic oxidation sites excluding steroid dienone is 2. The molecular formula is C8H8. The summed E-state index contributed by atoms with van der Waals surface area (Å²) in [6, 6.07) is 0. The molecular weight excluding hydrogens is 96.1 g/mol. The van der Waals surface area contributed by atoms with Gasteiger partial charge in [-0.15, -0.1) is 0 Å². The summed E-state index contributed by atoms with van der Waals surface area (Å²) in [6.45, 7) is 7.96. The molecule has 0 atom stereocenters. The van der Waals surface area contributed by atoms with Crippen LogP contribution in [0.3, 0.4) is 0 Å². The lowest BCUT2D eigenvalue weighted by molar-refractivity contribution is 0.697. The SMILES string of the molecule is C=C1C(=C)C2C3C1C23. The molecule has 4 saturated carbocycles. The summed E-state index contributed by atoms with van der Waals surface area (Å²) in [6.07, 6.45) is 0. The smallest absolute Gasteiger partial charge is 0.00905 e. The highest BCUT2D eigenvalue weighted by atomic mass is 14.8. The summed E-state index contributed by atoms with van der Waals surface area (Å²) in [5.41, 5.74) is 2.76. The van der Waals surface area contributed by atoms with Crippen molar-refractivity contribution in [3.05, 3.63) is 24.3 Å². The lowest BCUT2D eigenvalue weighted by atomic mass is 10.2. The molecule has 8 heavy (non-hydrogen) atoms. The van der Waals surface area contributed by atoms with Crippen molar-refractivity contribution >= 4 is 0 Å². The van der Waals surface area contributed by atoms with Crippen LogP contribution in [-0.2, 0) is 0 Å². The van der Waals surface area contributed by atoms with E-state index in [1.807, 2.05) is 0 Å². The summed E-state index contributed by atoms with van der Waals surface area (Å²) in [7, 11) is 0. The maximum atomic E-state index is 3.98. The lowest BCUT2D eigenvalue weighted by Gasteiger charge is -1.87. The fraction of sp³-hybridized carbons (Fsp3) is 0.500. The van der Waals surface area contributed by atoms with Gasteiger partial charge in [-0.1, -0.05) is 13.2 Å². The van der Waals surface area contributed by atoms with Gasteiger partial charge in [0.2, 0.25) is 0 Å². The van der Waals surface area contributed by atoms with Gasteiger partial charge in [0, 0.05) is 0 Å². The van der Waals surface area contributed by atoms with Crippen molar-refractivity contribution in [1.29, 1.82) is 0 Å². The van der Waals surface area contributed by atoms with Crippen molar-refractivity contribution in [3.8, 4) is 0 Å². The Kier molecular flexibility index (Phi) is 0.278. The van der Waals surface area contributed by atoms with E-state index in [-0.39, 0.29) is 0 Å². The molecule has 0 heterocycles. The Morgan fingerprint density at radius 3 is 1.38 bits per heavy atom. The van der Waals surface area contributed by atoms with E-state index < -0.39 is 0 Å². The van der Waals surface area contributed by atoms with Crippen LogP contribution in [0.15, 0.2) is 24.3 Å². The van der Waals surface area contributed by atoms with Gasteiger partial charge in [-0.3, -0.25) is 0 Å². The molecule has 4 fully saturated rings. The summed E-state index contributed by atoms with van der Waals surface area (Å²) in [5, 5.41) is 0. The van der Waals surface area contributed by atoms with Crippen molar-refractivity contribution in [2.45, 2.75) is 0 Å². The molecule has 40 valence electrons. The average molecular weight is 104 g/mol. The minimum absolute atomic E-state index is 0.924. The molecule has 0 heteroatoms. The van der Waals surface area contributed by atoms with Crippen molar-refractivity contribution in [2.24, 2.45) is 23.7 Å². The normalized spacial score (nSPS) is 63.5. The van der Waals surface area contributed by atoms with Gasteiger partial charge < -0.3 is 0 Å². The van der Waals surface area contributed by atoms with E-state index >= 15 is 0 Å². The summed E-state index contributed by atoms with van der Waals surface area (Å²) >= 11 is 0. The molecule has 0 saturated heterocycles. The third-order valence-corrected chi connectivity index (χ3v) is 3.04. The van der Waals surface area contributed by atoms with Crippen molar-refractivity contribution < 1.29 is 0 Å². The second-order valence-corrected chi connectivity index (χ2v) is 3.26. The fourth-order valence-electron chi connectivity index (χ4n) is 2.38. The first-order valence-electron chi connectivity index (χ1n) is 3.20. The van der Waals surface area contributed by atoms with Gasteiger partial charge in [-0.05, 0) is 34.8 Å². The van der Waals surface area contributed by atoms with Crippen LogP contribution in [0.2, 0.25) is 0 Å². The third-order valence-electron chi connectivity index (χ3n) is 3.04. The monoisotopic (exact) mass is 104 g/mol. The van der Waals surface area contributed by atoms with Crippen LogP contribution in [-0.4, -0.2) is 0 Å². The number of fused-ring (bicyclic) bond motifs is 1. The molecule has 0 unspecified atom stereocenters. The van der Waals surface area contributed by atoms with Gasteiger partial charge in [-0.25, -0.2) is 0 Å². The highest BCUT2D eigenvalue weighted by Crippen LogP contribution is 2.84. The second-order valence-electron chi connectivity index (χ2n) is 3.26. The molecule has 0 aromatic heterocycles. The molecule has 0 amide bonds. The lowest BCUT2D eigenvalue weighted by Crippen LogP contribution is -1.80. The Labute approximate surface area is 48.9 Å². The van der Waals surface area contributed by atoms with E-state index in [1.54, 1.807) is 0 Å². The zero-order chi connectivity index (χ0) is 5.46. The number of hydrogen-bond acceptors (Lipinski definition) is 0. The summed E-state index contributed by atoms with van der Waals surface area (Å²) < 4.78 is 0. The van der Waals surface area contributed by atoms with Gasteiger partial charge in [0.05, 0.1) is 0 Å². The highest BCUT2D eigenvalue weighted by molar-refractivity contribution is 5.56. The Bertz CT molecular complexity index is 180. The topological polar surface area (TPSA) is 0 Å². The van der Waals surface area contributed by atoms with Crippen molar-refractivity contribution in [3.63, 3.8) is 0 Å². The maximum Gasteiger partial charge on any atom is -0.00905 e. The van der Waals surface area contributed by atoms with Crippen LogP contribution in [0.1, 0.15) is 0 Å². The predicted octanol–water partition coefficient (Wildman–Crippen LogP) is 1.60. The summed E-state index contributed by atoms with van der Waals surface area (Å²) in [5.74, 6) is 3.95. The zero-order valence-electron chi connectivity index (χ0n) is 4.72. The molecule has 0 aromatic carbocycles. The molecule has 0 N–H and O–H groups in total. The van der Waals surface area contributed by atoms with Crippen LogP contribution in [0.5, 0.6) is 0 Å².